The molecule has 0 spiro atoms. The second-order valence-corrected chi connectivity index (χ2v) is 3.04. The molecule has 2 heterocycles. The molecule has 0 bridgehead atoms. The van der Waals surface area contributed by atoms with E-state index < -0.39 is 0 Å². The highest BCUT2D eigenvalue weighted by atomic mass is 16.7. The van der Waals surface area contributed by atoms with Crippen LogP contribution in [0.25, 0.3) is 11.2 Å². The highest BCUT2D eigenvalue weighted by molar-refractivity contribution is 5.88. The molecule has 0 unspecified atom stereocenters. The highest BCUT2D eigenvalue weighted by Gasteiger charge is 2.11. The summed E-state index contributed by atoms with van der Waals surface area (Å²) in [5.74, 6) is 0.925. The number of aromatic nitrogens is 4. The van der Waals surface area contributed by atoms with Crippen LogP contribution in [0.5, 0.6) is 0 Å². The fourth-order valence-corrected chi connectivity index (χ4v) is 1.38. The predicted octanol–water partition coefficient (Wildman–Crippen LogP) is 0.152. The van der Waals surface area contributed by atoms with E-state index in [4.69, 9.17) is 4.84 Å². The number of anilines is 1. The second-order valence-electron chi connectivity index (χ2n) is 3.04. The van der Waals surface area contributed by atoms with E-state index >= 15 is 0 Å². The van der Waals surface area contributed by atoms with E-state index in [-0.39, 0.29) is 0 Å². The Hall–Kier alpha value is -2.18. The number of rotatable bonds is 4. The maximum absolute atomic E-state index is 10.4. The number of nitrogens with one attached hydrogen (secondary N) is 1. The van der Waals surface area contributed by atoms with Crippen LogP contribution < -0.4 is 10.2 Å². The van der Waals surface area contributed by atoms with E-state index in [0.29, 0.717) is 35.8 Å². The molecule has 2 aromatic heterocycles. The van der Waals surface area contributed by atoms with Crippen molar-refractivity contribution in [2.45, 2.75) is 13.8 Å². The van der Waals surface area contributed by atoms with Crippen LogP contribution in [0.3, 0.4) is 0 Å². The Balaban J connectivity index is 2.60. The van der Waals surface area contributed by atoms with Crippen LogP contribution in [0.15, 0.2) is 6.33 Å². The Morgan fingerprint density at radius 1 is 1.56 bits per heavy atom. The van der Waals surface area contributed by atoms with Crippen LogP contribution in [0.1, 0.15) is 12.7 Å². The third kappa shape index (κ3) is 1.67. The molecule has 0 radical (unpaired) electrons. The molecule has 16 heavy (non-hydrogen) atoms. The summed E-state index contributed by atoms with van der Waals surface area (Å²) in [7, 11) is 0. The summed E-state index contributed by atoms with van der Waals surface area (Å²) in [4.78, 5) is 28.1. The number of aryl methyl sites for hydroxylation is 1. The maximum atomic E-state index is 10.4. The van der Waals surface area contributed by atoms with Gasteiger partial charge in [-0.2, -0.15) is 4.73 Å². The standard InChI is InChI=1S/C9H11N5O2/c1-3-16-14-4-10-7-8(11-5-15)12-6(2)13-9(7)14/h4-5H,3H2,1-2H3,(H,11,12,13,15). The number of fused-ring (bicyclic) bond motifs is 1. The third-order valence-electron chi connectivity index (χ3n) is 1.94. The lowest BCUT2D eigenvalue weighted by Gasteiger charge is -2.04. The third-order valence-corrected chi connectivity index (χ3v) is 1.94. The van der Waals surface area contributed by atoms with Crippen molar-refractivity contribution in [2.24, 2.45) is 0 Å². The van der Waals surface area contributed by atoms with Gasteiger partial charge < -0.3 is 10.2 Å². The Morgan fingerprint density at radius 2 is 2.38 bits per heavy atom. The molecule has 2 rings (SSSR count). The first-order valence-corrected chi connectivity index (χ1v) is 4.81. The number of nitrogens with zero attached hydrogens (tertiary/aromatic N) is 4. The lowest BCUT2D eigenvalue weighted by molar-refractivity contribution is -0.105. The number of imidazole rings is 1. The number of hydrogen-bond acceptors (Lipinski definition) is 5. The maximum Gasteiger partial charge on any atom is 0.212 e. The Labute approximate surface area is 91.4 Å². The smallest absolute Gasteiger partial charge is 0.212 e. The van der Waals surface area contributed by atoms with Gasteiger partial charge in [0, 0.05) is 0 Å². The van der Waals surface area contributed by atoms with Crippen LogP contribution >= 0.6 is 0 Å². The molecule has 0 atom stereocenters. The second kappa shape index (κ2) is 4.13. The molecule has 0 aromatic carbocycles. The Kier molecular flexibility index (Phi) is 2.67. The van der Waals surface area contributed by atoms with Gasteiger partial charge in [0.1, 0.15) is 18.8 Å². The fourth-order valence-electron chi connectivity index (χ4n) is 1.38. The molecule has 0 aliphatic rings. The number of amides is 1. The van der Waals surface area contributed by atoms with E-state index in [1.54, 1.807) is 6.92 Å². The number of carbonyl (C=O) groups is 1. The molecule has 1 amide bonds. The zero-order valence-electron chi connectivity index (χ0n) is 8.97. The van der Waals surface area contributed by atoms with Crippen molar-refractivity contribution < 1.29 is 9.63 Å². The van der Waals surface area contributed by atoms with Crippen molar-refractivity contribution in [1.29, 1.82) is 0 Å². The average molecular weight is 221 g/mol. The fraction of sp³-hybridized carbons (Fsp3) is 0.333. The normalized spacial score (nSPS) is 10.4. The van der Waals surface area contributed by atoms with Gasteiger partial charge in [-0.15, -0.1) is 0 Å². The minimum Gasteiger partial charge on any atom is -0.411 e. The largest absolute Gasteiger partial charge is 0.411 e. The van der Waals surface area contributed by atoms with Crippen LogP contribution in [0.2, 0.25) is 0 Å². The van der Waals surface area contributed by atoms with E-state index in [9.17, 15) is 4.79 Å². The van der Waals surface area contributed by atoms with Gasteiger partial charge in [0.15, 0.2) is 11.3 Å². The predicted molar refractivity (Wildman–Crippen MR) is 56.9 cm³/mol. The van der Waals surface area contributed by atoms with Gasteiger partial charge in [0.05, 0.1) is 0 Å². The van der Waals surface area contributed by atoms with Gasteiger partial charge >= 0.3 is 0 Å². The molecule has 7 heteroatoms. The summed E-state index contributed by atoms with van der Waals surface area (Å²) in [6.07, 6.45) is 2.05. The van der Waals surface area contributed by atoms with Gasteiger partial charge in [-0.05, 0) is 13.8 Å². The van der Waals surface area contributed by atoms with Crippen molar-refractivity contribution in [2.75, 3.05) is 11.9 Å². The summed E-state index contributed by atoms with van der Waals surface area (Å²) in [6, 6.07) is 0. The van der Waals surface area contributed by atoms with Crippen molar-refractivity contribution in [3.8, 4) is 0 Å². The first-order valence-electron chi connectivity index (χ1n) is 4.81. The van der Waals surface area contributed by atoms with Gasteiger partial charge in [-0.3, -0.25) is 4.79 Å². The van der Waals surface area contributed by atoms with Gasteiger partial charge in [-0.1, -0.05) is 0 Å². The van der Waals surface area contributed by atoms with Crippen molar-refractivity contribution >= 4 is 23.4 Å². The first-order chi connectivity index (χ1) is 7.76. The molecule has 1 N–H and O–H groups in total. The summed E-state index contributed by atoms with van der Waals surface area (Å²) in [5, 5.41) is 2.48. The zero-order chi connectivity index (χ0) is 11.5. The SMILES string of the molecule is CCOn1cnc2c(NC=O)nc(C)nc21. The summed E-state index contributed by atoms with van der Waals surface area (Å²) in [5.41, 5.74) is 1.05. The molecule has 0 aliphatic carbocycles. The van der Waals surface area contributed by atoms with Gasteiger partial charge in [0.2, 0.25) is 12.1 Å². The van der Waals surface area contributed by atoms with Crippen molar-refractivity contribution in [3.63, 3.8) is 0 Å². The Bertz CT molecular complexity index is 522. The first kappa shape index (κ1) is 10.3. The molecule has 0 aliphatic heterocycles. The van der Waals surface area contributed by atoms with Crippen LogP contribution in [0, 0.1) is 6.92 Å². The van der Waals surface area contributed by atoms with Gasteiger partial charge in [0.25, 0.3) is 0 Å². The quantitative estimate of drug-likeness (QED) is 0.743. The lowest BCUT2D eigenvalue weighted by Crippen LogP contribution is -2.10. The number of carbonyl (C=O) groups excluding carboxylic acids is 1. The minimum absolute atomic E-state index is 0.385. The minimum atomic E-state index is 0.385. The molecule has 0 saturated carbocycles. The topological polar surface area (TPSA) is 81.9 Å². The Morgan fingerprint density at radius 3 is 3.06 bits per heavy atom. The average Bonchev–Trinajstić information content (AvgIpc) is 2.63. The molecule has 84 valence electrons. The van der Waals surface area contributed by atoms with Crippen molar-refractivity contribution in [1.82, 2.24) is 19.7 Å². The van der Waals surface area contributed by atoms with E-state index in [2.05, 4.69) is 20.3 Å². The summed E-state index contributed by atoms with van der Waals surface area (Å²) >= 11 is 0. The molecule has 0 fully saturated rings. The highest BCUT2D eigenvalue weighted by Crippen LogP contribution is 2.17. The van der Waals surface area contributed by atoms with E-state index in [1.165, 1.54) is 11.1 Å². The zero-order valence-corrected chi connectivity index (χ0v) is 8.97. The lowest BCUT2D eigenvalue weighted by atomic mass is 10.4. The molecule has 7 nitrogen and oxygen atoms in total. The molecular weight excluding hydrogens is 210 g/mol. The monoisotopic (exact) mass is 221 g/mol. The molecular formula is C9H11N5O2. The van der Waals surface area contributed by atoms with E-state index in [1.807, 2.05) is 6.92 Å². The summed E-state index contributed by atoms with van der Waals surface area (Å²) < 4.78 is 1.46. The summed E-state index contributed by atoms with van der Waals surface area (Å²) in [6.45, 7) is 4.11. The van der Waals surface area contributed by atoms with Gasteiger partial charge in [-0.25, -0.2) is 15.0 Å². The number of hydrogen-bond donors (Lipinski definition) is 1. The van der Waals surface area contributed by atoms with Crippen LogP contribution in [0.4, 0.5) is 5.82 Å². The van der Waals surface area contributed by atoms with E-state index in [0.717, 1.165) is 0 Å². The molecule has 0 saturated heterocycles. The van der Waals surface area contributed by atoms with Crippen molar-refractivity contribution in [3.05, 3.63) is 12.2 Å². The van der Waals surface area contributed by atoms with Crippen LogP contribution in [-0.2, 0) is 4.79 Å². The van der Waals surface area contributed by atoms with Crippen LogP contribution in [-0.4, -0.2) is 32.7 Å². The molecule has 2 aromatic rings.